The van der Waals surface area contributed by atoms with Crippen molar-refractivity contribution in [2.24, 2.45) is 0 Å². The van der Waals surface area contributed by atoms with Crippen LogP contribution >= 0.6 is 0 Å². The standard InChI is InChI=1S/C19H27N5O/c1-2-8-21-19-22-17(16-6-4-3-5-7-16)15-18(23-19)20-9-10-24-11-13-25-14-12-24/h3-7,15H,2,8-14H2,1H3,(H2,20,21,22,23). The molecule has 3 rings (SSSR count). The van der Waals surface area contributed by atoms with Crippen molar-refractivity contribution in [1.82, 2.24) is 14.9 Å². The van der Waals surface area contributed by atoms with Gasteiger partial charge in [0.25, 0.3) is 0 Å². The number of anilines is 2. The van der Waals surface area contributed by atoms with Crippen LogP contribution < -0.4 is 10.6 Å². The highest BCUT2D eigenvalue weighted by Gasteiger charge is 2.10. The van der Waals surface area contributed by atoms with E-state index in [0.29, 0.717) is 5.95 Å². The van der Waals surface area contributed by atoms with Gasteiger partial charge in [-0.15, -0.1) is 0 Å². The van der Waals surface area contributed by atoms with Crippen LogP contribution in [0.4, 0.5) is 11.8 Å². The number of hydrogen-bond acceptors (Lipinski definition) is 6. The Kier molecular flexibility index (Phi) is 6.59. The number of nitrogens with one attached hydrogen (secondary N) is 2. The highest BCUT2D eigenvalue weighted by atomic mass is 16.5. The van der Waals surface area contributed by atoms with E-state index in [1.54, 1.807) is 0 Å². The number of nitrogens with zero attached hydrogens (tertiary/aromatic N) is 3. The summed E-state index contributed by atoms with van der Waals surface area (Å²) in [7, 11) is 0. The first-order valence-corrected chi connectivity index (χ1v) is 9.07. The topological polar surface area (TPSA) is 62.3 Å². The van der Waals surface area contributed by atoms with E-state index >= 15 is 0 Å². The molecule has 134 valence electrons. The summed E-state index contributed by atoms with van der Waals surface area (Å²) in [6.07, 6.45) is 1.04. The average molecular weight is 341 g/mol. The van der Waals surface area contributed by atoms with Crippen molar-refractivity contribution >= 4 is 11.8 Å². The van der Waals surface area contributed by atoms with E-state index in [1.165, 1.54) is 0 Å². The van der Waals surface area contributed by atoms with Gasteiger partial charge in [-0.05, 0) is 6.42 Å². The normalized spacial score (nSPS) is 15.1. The van der Waals surface area contributed by atoms with Gasteiger partial charge in [0.2, 0.25) is 5.95 Å². The summed E-state index contributed by atoms with van der Waals surface area (Å²) in [4.78, 5) is 11.7. The predicted octanol–water partition coefficient (Wildman–Crippen LogP) is 2.71. The van der Waals surface area contributed by atoms with E-state index in [-0.39, 0.29) is 0 Å². The Hall–Kier alpha value is -2.18. The van der Waals surface area contributed by atoms with Gasteiger partial charge in [-0.3, -0.25) is 4.90 Å². The van der Waals surface area contributed by atoms with Crippen molar-refractivity contribution in [2.45, 2.75) is 13.3 Å². The van der Waals surface area contributed by atoms with Crippen molar-refractivity contribution < 1.29 is 4.74 Å². The van der Waals surface area contributed by atoms with Crippen LogP contribution in [0.2, 0.25) is 0 Å². The fraction of sp³-hybridized carbons (Fsp3) is 0.474. The summed E-state index contributed by atoms with van der Waals surface area (Å²) < 4.78 is 5.39. The molecular formula is C19H27N5O. The van der Waals surface area contributed by atoms with Gasteiger partial charge in [0, 0.05) is 44.4 Å². The van der Waals surface area contributed by atoms with Crippen molar-refractivity contribution in [1.29, 1.82) is 0 Å². The molecule has 0 aliphatic carbocycles. The van der Waals surface area contributed by atoms with Crippen molar-refractivity contribution in [3.05, 3.63) is 36.4 Å². The Labute approximate surface area is 149 Å². The minimum atomic E-state index is 0.678. The zero-order valence-electron chi connectivity index (χ0n) is 14.9. The first kappa shape index (κ1) is 17.6. The lowest BCUT2D eigenvalue weighted by Crippen LogP contribution is -2.39. The fourth-order valence-corrected chi connectivity index (χ4v) is 2.78. The summed E-state index contributed by atoms with van der Waals surface area (Å²) in [5.74, 6) is 1.54. The first-order valence-electron chi connectivity index (χ1n) is 9.07. The molecule has 1 fully saturated rings. The third-order valence-electron chi connectivity index (χ3n) is 4.17. The summed E-state index contributed by atoms with van der Waals surface area (Å²) in [5.41, 5.74) is 2.03. The molecule has 1 aliphatic heterocycles. The van der Waals surface area contributed by atoms with Gasteiger partial charge in [-0.1, -0.05) is 37.3 Å². The van der Waals surface area contributed by atoms with Crippen LogP contribution in [0, 0.1) is 0 Å². The van der Waals surface area contributed by atoms with E-state index < -0.39 is 0 Å². The molecule has 0 saturated carbocycles. The predicted molar refractivity (Wildman–Crippen MR) is 102 cm³/mol. The van der Waals surface area contributed by atoms with Crippen LogP contribution in [-0.2, 0) is 4.74 Å². The van der Waals surface area contributed by atoms with Gasteiger partial charge in [0.05, 0.1) is 18.9 Å². The number of morpholine rings is 1. The average Bonchev–Trinajstić information content (AvgIpc) is 2.68. The molecule has 25 heavy (non-hydrogen) atoms. The molecule has 6 nitrogen and oxygen atoms in total. The van der Waals surface area contributed by atoms with Crippen LogP contribution in [0.3, 0.4) is 0 Å². The zero-order valence-corrected chi connectivity index (χ0v) is 14.9. The molecule has 1 saturated heterocycles. The van der Waals surface area contributed by atoms with Crippen LogP contribution in [0.25, 0.3) is 11.3 Å². The Morgan fingerprint density at radius 3 is 2.60 bits per heavy atom. The van der Waals surface area contributed by atoms with Crippen LogP contribution in [0.15, 0.2) is 36.4 Å². The molecular weight excluding hydrogens is 314 g/mol. The van der Waals surface area contributed by atoms with Crippen molar-refractivity contribution in [3.8, 4) is 11.3 Å². The molecule has 0 radical (unpaired) electrons. The molecule has 0 bridgehead atoms. The van der Waals surface area contributed by atoms with Crippen LogP contribution in [0.1, 0.15) is 13.3 Å². The number of benzene rings is 1. The van der Waals surface area contributed by atoms with E-state index in [0.717, 1.165) is 69.4 Å². The molecule has 1 aliphatic rings. The van der Waals surface area contributed by atoms with Gasteiger partial charge in [-0.25, -0.2) is 4.98 Å². The van der Waals surface area contributed by atoms with E-state index in [4.69, 9.17) is 4.74 Å². The Morgan fingerprint density at radius 1 is 1.04 bits per heavy atom. The second kappa shape index (κ2) is 9.34. The first-order chi connectivity index (χ1) is 12.3. The molecule has 0 spiro atoms. The molecule has 2 heterocycles. The van der Waals surface area contributed by atoms with Gasteiger partial charge >= 0.3 is 0 Å². The SMILES string of the molecule is CCCNc1nc(NCCN2CCOCC2)cc(-c2ccccc2)n1. The fourth-order valence-electron chi connectivity index (χ4n) is 2.78. The highest BCUT2D eigenvalue weighted by Crippen LogP contribution is 2.21. The molecule has 2 aromatic rings. The maximum absolute atomic E-state index is 5.39. The lowest BCUT2D eigenvalue weighted by Gasteiger charge is -2.26. The summed E-state index contributed by atoms with van der Waals surface area (Å²) in [6, 6.07) is 12.2. The largest absolute Gasteiger partial charge is 0.379 e. The van der Waals surface area contributed by atoms with Gasteiger partial charge in [-0.2, -0.15) is 4.98 Å². The lowest BCUT2D eigenvalue weighted by molar-refractivity contribution is 0.0398. The zero-order chi connectivity index (χ0) is 17.3. The molecule has 0 unspecified atom stereocenters. The van der Waals surface area contributed by atoms with Gasteiger partial charge in [0.15, 0.2) is 0 Å². The van der Waals surface area contributed by atoms with E-state index in [9.17, 15) is 0 Å². The maximum Gasteiger partial charge on any atom is 0.225 e. The smallest absolute Gasteiger partial charge is 0.225 e. The maximum atomic E-state index is 5.39. The molecule has 2 N–H and O–H groups in total. The van der Waals surface area contributed by atoms with Crippen LogP contribution in [0.5, 0.6) is 0 Å². The number of aromatic nitrogens is 2. The Morgan fingerprint density at radius 2 is 1.84 bits per heavy atom. The summed E-state index contributed by atoms with van der Waals surface area (Å²) >= 11 is 0. The molecule has 0 amide bonds. The minimum absolute atomic E-state index is 0.678. The van der Waals surface area contributed by atoms with Crippen LogP contribution in [-0.4, -0.2) is 60.8 Å². The number of rotatable bonds is 8. The molecule has 6 heteroatoms. The van der Waals surface area contributed by atoms with Gasteiger partial charge < -0.3 is 15.4 Å². The third-order valence-corrected chi connectivity index (χ3v) is 4.17. The summed E-state index contributed by atoms with van der Waals surface area (Å²) in [6.45, 7) is 8.52. The molecule has 1 aromatic heterocycles. The number of ether oxygens (including phenoxy) is 1. The second-order valence-electron chi connectivity index (χ2n) is 6.14. The Balaban J connectivity index is 1.68. The number of hydrogen-bond donors (Lipinski definition) is 2. The molecule has 1 aromatic carbocycles. The minimum Gasteiger partial charge on any atom is -0.379 e. The van der Waals surface area contributed by atoms with E-state index in [2.05, 4.69) is 44.6 Å². The third kappa shape index (κ3) is 5.41. The molecule has 0 atom stereocenters. The monoisotopic (exact) mass is 341 g/mol. The highest BCUT2D eigenvalue weighted by molar-refractivity contribution is 5.64. The second-order valence-corrected chi connectivity index (χ2v) is 6.14. The Bertz CT molecular complexity index is 644. The van der Waals surface area contributed by atoms with Crippen molar-refractivity contribution in [2.75, 3.05) is 56.6 Å². The lowest BCUT2D eigenvalue weighted by atomic mass is 10.1. The van der Waals surface area contributed by atoms with Crippen molar-refractivity contribution in [3.63, 3.8) is 0 Å². The van der Waals surface area contributed by atoms with Gasteiger partial charge in [0.1, 0.15) is 5.82 Å². The quantitative estimate of drug-likeness (QED) is 0.770. The van der Waals surface area contributed by atoms with E-state index in [1.807, 2.05) is 24.3 Å². The summed E-state index contributed by atoms with van der Waals surface area (Å²) in [5, 5.41) is 6.74.